The van der Waals surface area contributed by atoms with Crippen LogP contribution in [0.15, 0.2) is 42.5 Å². The zero-order chi connectivity index (χ0) is 22.8. The van der Waals surface area contributed by atoms with E-state index in [4.69, 9.17) is 21.4 Å². The molecular weight excluding hydrogens is 465 g/mol. The molecule has 1 aromatic heterocycles. The summed E-state index contributed by atoms with van der Waals surface area (Å²) in [6.45, 7) is -0.732. The maximum Gasteiger partial charge on any atom is 0.427 e. The molecule has 0 amide bonds. The molecule has 0 saturated heterocycles. The molecule has 3 rings (SSSR count). The third-order valence-corrected chi connectivity index (χ3v) is 5.20. The van der Waals surface area contributed by atoms with Crippen molar-refractivity contribution < 1.29 is 36.6 Å². The Morgan fingerprint density at radius 2 is 1.81 bits per heavy atom. The number of aromatic nitrogens is 1. The largest absolute Gasteiger partial charge is 0.486 e. The van der Waals surface area contributed by atoms with E-state index >= 15 is 0 Å². The predicted molar refractivity (Wildman–Crippen MR) is 105 cm³/mol. The lowest BCUT2D eigenvalue weighted by Crippen LogP contribution is -2.09. The van der Waals surface area contributed by atoms with Crippen molar-refractivity contribution in [3.05, 3.63) is 75.1 Å². The van der Waals surface area contributed by atoms with E-state index in [0.29, 0.717) is 16.7 Å². The first-order valence-electron chi connectivity index (χ1n) is 8.41. The number of alkyl halides is 3. The quantitative estimate of drug-likeness (QED) is 0.329. The van der Waals surface area contributed by atoms with Crippen LogP contribution < -0.4 is 4.74 Å². The van der Waals surface area contributed by atoms with Gasteiger partial charge in [-0.2, -0.15) is 21.9 Å². The van der Waals surface area contributed by atoms with Gasteiger partial charge in [0.2, 0.25) is 5.82 Å². The van der Waals surface area contributed by atoms with Gasteiger partial charge in [0.15, 0.2) is 11.6 Å². The first-order chi connectivity index (χ1) is 14.6. The molecule has 3 aromatic rings. The van der Waals surface area contributed by atoms with Crippen molar-refractivity contribution >= 4 is 35.2 Å². The van der Waals surface area contributed by atoms with E-state index in [1.807, 2.05) is 0 Å². The van der Waals surface area contributed by atoms with E-state index in [2.05, 4.69) is 4.37 Å². The van der Waals surface area contributed by atoms with Crippen molar-refractivity contribution in [2.45, 2.75) is 12.8 Å². The summed E-state index contributed by atoms with van der Waals surface area (Å²) in [5.41, 5.74) is -0.372. The van der Waals surface area contributed by atoms with Crippen molar-refractivity contribution in [3.63, 3.8) is 0 Å². The average molecular weight is 476 g/mol. The molecule has 1 N–H and O–H groups in total. The van der Waals surface area contributed by atoms with Crippen LogP contribution in [0.2, 0.25) is 5.02 Å². The normalized spacial score (nSPS) is 11.8. The van der Waals surface area contributed by atoms with Crippen LogP contribution in [0.3, 0.4) is 0 Å². The van der Waals surface area contributed by atoms with E-state index in [1.165, 1.54) is 24.3 Å². The molecular formula is C20H11ClF5NO3S. The minimum Gasteiger partial charge on any atom is -0.486 e. The van der Waals surface area contributed by atoms with Crippen LogP contribution in [0, 0.1) is 11.6 Å². The average Bonchev–Trinajstić information content (AvgIpc) is 3.13. The number of benzene rings is 2. The summed E-state index contributed by atoms with van der Waals surface area (Å²) >= 11 is 6.02. The van der Waals surface area contributed by atoms with Crippen LogP contribution in [0.1, 0.15) is 16.0 Å². The highest BCUT2D eigenvalue weighted by Crippen LogP contribution is 2.40. The number of nitrogens with zero attached hydrogens (tertiary/aromatic N) is 1. The van der Waals surface area contributed by atoms with E-state index in [0.717, 1.165) is 18.2 Å². The zero-order valence-electron chi connectivity index (χ0n) is 15.2. The Morgan fingerprint density at radius 1 is 1.13 bits per heavy atom. The zero-order valence-corrected chi connectivity index (χ0v) is 16.8. The van der Waals surface area contributed by atoms with Crippen LogP contribution in [0.25, 0.3) is 17.3 Å². The minimum absolute atomic E-state index is 0.0177. The fraction of sp³-hybridized carbons (Fsp3) is 0.100. The fourth-order valence-corrected chi connectivity index (χ4v) is 3.49. The highest BCUT2D eigenvalue weighted by molar-refractivity contribution is 7.06. The monoisotopic (exact) mass is 475 g/mol. The minimum atomic E-state index is -4.73. The molecule has 162 valence electrons. The molecule has 0 aliphatic carbocycles. The lowest BCUT2D eigenvalue weighted by Gasteiger charge is -2.12. The van der Waals surface area contributed by atoms with Gasteiger partial charge in [0.1, 0.15) is 11.5 Å². The van der Waals surface area contributed by atoms with Gasteiger partial charge in [-0.1, -0.05) is 23.7 Å². The van der Waals surface area contributed by atoms with Crippen molar-refractivity contribution in [2.24, 2.45) is 0 Å². The summed E-state index contributed by atoms with van der Waals surface area (Å²) < 4.78 is 77.7. The van der Waals surface area contributed by atoms with E-state index in [-0.39, 0.29) is 28.4 Å². The number of carbonyl (C=O) groups is 1. The molecule has 0 fully saturated rings. The topological polar surface area (TPSA) is 59.4 Å². The van der Waals surface area contributed by atoms with E-state index in [9.17, 15) is 26.7 Å². The van der Waals surface area contributed by atoms with Crippen LogP contribution in [0.5, 0.6) is 5.75 Å². The summed E-state index contributed by atoms with van der Waals surface area (Å²) in [4.78, 5) is 9.49. The maximum absolute atomic E-state index is 14.3. The maximum atomic E-state index is 14.3. The molecule has 0 unspecified atom stereocenters. The van der Waals surface area contributed by atoms with Crippen molar-refractivity contribution in [2.75, 3.05) is 0 Å². The van der Waals surface area contributed by atoms with Crippen molar-refractivity contribution in [3.8, 4) is 17.0 Å². The Labute approximate surface area is 181 Å². The standard InChI is InChI=1S/C20H11ClF5NO3S/c21-12-5-1-11(2-6-12)18-13(19(31-27-18)20(24,25)26)9-30-14-7-3-10(4-8-15(28)29)16(22)17(14)23/h1-8H,9H2,(H,28,29). The Bertz CT molecular complexity index is 1140. The Balaban J connectivity index is 1.94. The summed E-state index contributed by atoms with van der Waals surface area (Å²) in [5, 5.41) is 8.95. The van der Waals surface area contributed by atoms with Gasteiger partial charge in [-0.05, 0) is 41.9 Å². The number of halogens is 6. The second kappa shape index (κ2) is 9.03. The highest BCUT2D eigenvalue weighted by atomic mass is 35.5. The molecule has 1 heterocycles. The number of rotatable bonds is 6. The molecule has 0 saturated carbocycles. The molecule has 31 heavy (non-hydrogen) atoms. The molecule has 11 heteroatoms. The second-order valence-electron chi connectivity index (χ2n) is 6.08. The number of carboxylic acids is 1. The van der Waals surface area contributed by atoms with Crippen LogP contribution in [-0.4, -0.2) is 15.4 Å². The molecule has 0 atom stereocenters. The van der Waals surface area contributed by atoms with Gasteiger partial charge in [-0.25, -0.2) is 9.18 Å². The van der Waals surface area contributed by atoms with Gasteiger partial charge in [0, 0.05) is 27.8 Å². The van der Waals surface area contributed by atoms with Crippen LogP contribution in [0.4, 0.5) is 22.0 Å². The number of hydrogen-bond donors (Lipinski definition) is 1. The molecule has 4 nitrogen and oxygen atoms in total. The molecule has 0 aliphatic heterocycles. The Hall–Kier alpha value is -2.98. The van der Waals surface area contributed by atoms with Crippen LogP contribution >= 0.6 is 23.1 Å². The third-order valence-electron chi connectivity index (χ3n) is 4.02. The van der Waals surface area contributed by atoms with Crippen LogP contribution in [-0.2, 0) is 17.6 Å². The molecule has 0 aliphatic rings. The summed E-state index contributed by atoms with van der Waals surface area (Å²) in [6, 6.07) is 7.95. The number of ether oxygens (including phenoxy) is 1. The molecule has 0 bridgehead atoms. The summed E-state index contributed by atoms with van der Waals surface area (Å²) in [6.07, 6.45) is -3.27. The molecule has 2 aromatic carbocycles. The van der Waals surface area contributed by atoms with Crippen molar-refractivity contribution in [1.82, 2.24) is 4.37 Å². The number of hydrogen-bond acceptors (Lipinski definition) is 4. The van der Waals surface area contributed by atoms with Gasteiger partial charge >= 0.3 is 12.1 Å². The van der Waals surface area contributed by atoms with E-state index in [1.54, 1.807) is 0 Å². The predicted octanol–water partition coefficient (Wildman–Crippen LogP) is 6.44. The first-order valence-corrected chi connectivity index (χ1v) is 9.56. The Morgan fingerprint density at radius 3 is 2.42 bits per heavy atom. The van der Waals surface area contributed by atoms with Gasteiger partial charge in [0.05, 0.1) is 5.69 Å². The molecule has 0 spiro atoms. The SMILES string of the molecule is O=C(O)C=Cc1ccc(OCc2c(-c3ccc(Cl)cc3)nsc2C(F)(F)F)c(F)c1F. The van der Waals surface area contributed by atoms with Gasteiger partial charge < -0.3 is 9.84 Å². The molecule has 0 radical (unpaired) electrons. The summed E-state index contributed by atoms with van der Waals surface area (Å²) in [5.74, 6) is -4.85. The lowest BCUT2D eigenvalue weighted by atomic mass is 10.1. The summed E-state index contributed by atoms with van der Waals surface area (Å²) in [7, 11) is 0. The highest BCUT2D eigenvalue weighted by Gasteiger charge is 2.38. The van der Waals surface area contributed by atoms with E-state index < -0.39 is 41.0 Å². The van der Waals surface area contributed by atoms with Gasteiger partial charge in [0.25, 0.3) is 0 Å². The number of carboxylic acid groups (broad SMARTS) is 1. The smallest absolute Gasteiger partial charge is 0.427 e. The fourth-order valence-electron chi connectivity index (χ4n) is 2.60. The second-order valence-corrected chi connectivity index (χ2v) is 7.29. The lowest BCUT2D eigenvalue weighted by molar-refractivity contribution is -0.135. The first kappa shape index (κ1) is 22.7. The third kappa shape index (κ3) is 5.20. The van der Waals surface area contributed by atoms with Gasteiger partial charge in [-0.15, -0.1) is 0 Å². The Kier molecular flexibility index (Phi) is 6.61. The van der Waals surface area contributed by atoms with Crippen molar-refractivity contribution in [1.29, 1.82) is 0 Å². The van der Waals surface area contributed by atoms with Gasteiger partial charge in [-0.3, -0.25) is 0 Å². The number of aliphatic carboxylic acids is 1.